The summed E-state index contributed by atoms with van der Waals surface area (Å²) in [5.41, 5.74) is 1.39. The fourth-order valence-electron chi connectivity index (χ4n) is 1.93. The molecule has 0 atom stereocenters. The van der Waals surface area contributed by atoms with Crippen molar-refractivity contribution >= 4 is 0 Å². The third kappa shape index (κ3) is 4.13. The summed E-state index contributed by atoms with van der Waals surface area (Å²) in [5, 5.41) is 3.30. The van der Waals surface area contributed by atoms with Crippen LogP contribution in [0.2, 0.25) is 0 Å². The highest BCUT2D eigenvalue weighted by Crippen LogP contribution is 2.13. The third-order valence-electron chi connectivity index (χ3n) is 2.92. The van der Waals surface area contributed by atoms with Crippen molar-refractivity contribution in [1.29, 1.82) is 0 Å². The van der Waals surface area contributed by atoms with Crippen LogP contribution in [-0.4, -0.2) is 16.5 Å². The van der Waals surface area contributed by atoms with Gasteiger partial charge in [0.1, 0.15) is 17.5 Å². The van der Waals surface area contributed by atoms with Crippen molar-refractivity contribution in [2.45, 2.75) is 26.8 Å². The lowest BCUT2D eigenvalue weighted by molar-refractivity contribution is 0.548. The topological polar surface area (TPSA) is 40.7 Å². The molecule has 2 rings (SSSR count). The Balaban J connectivity index is 1.95. The van der Waals surface area contributed by atoms with Crippen LogP contribution >= 0.6 is 0 Å². The molecule has 0 bridgehead atoms. The van der Waals surface area contributed by atoms with Gasteiger partial charge in [0.2, 0.25) is 0 Å². The maximum atomic E-state index is 13.5. The fraction of sp³-hybridized carbons (Fsp3) is 0.400. The van der Waals surface area contributed by atoms with E-state index in [1.54, 1.807) is 6.20 Å². The van der Waals surface area contributed by atoms with Crippen molar-refractivity contribution in [3.05, 3.63) is 53.1 Å². The lowest BCUT2D eigenvalue weighted by atomic mass is 10.1. The fourth-order valence-corrected chi connectivity index (χ4v) is 1.93. The second kappa shape index (κ2) is 6.61. The van der Waals surface area contributed by atoms with E-state index in [9.17, 15) is 8.78 Å². The van der Waals surface area contributed by atoms with Crippen LogP contribution in [0.3, 0.4) is 0 Å². The Morgan fingerprint density at radius 2 is 2.10 bits per heavy atom. The van der Waals surface area contributed by atoms with Crippen LogP contribution in [0.4, 0.5) is 8.78 Å². The molecule has 5 heteroatoms. The molecule has 0 saturated heterocycles. The maximum Gasteiger partial charge on any atom is 0.129 e. The van der Waals surface area contributed by atoms with Crippen molar-refractivity contribution in [3.8, 4) is 0 Å². The summed E-state index contributed by atoms with van der Waals surface area (Å²) in [5.74, 6) is 0.160. The van der Waals surface area contributed by atoms with E-state index in [-0.39, 0.29) is 0 Å². The molecule has 0 aliphatic carbocycles. The van der Waals surface area contributed by atoms with Gasteiger partial charge in [0, 0.05) is 30.9 Å². The highest BCUT2D eigenvalue weighted by Gasteiger charge is 2.07. The number of halogens is 2. The highest BCUT2D eigenvalue weighted by molar-refractivity contribution is 5.22. The Morgan fingerprint density at radius 3 is 2.80 bits per heavy atom. The van der Waals surface area contributed by atoms with Gasteiger partial charge in [-0.1, -0.05) is 19.9 Å². The minimum atomic E-state index is -0.565. The minimum absolute atomic E-state index is 0.330. The first-order chi connectivity index (χ1) is 9.54. The van der Waals surface area contributed by atoms with Crippen molar-refractivity contribution in [2.24, 2.45) is 5.92 Å². The number of imidazole rings is 1. The Bertz CT molecular complexity index is 564. The van der Waals surface area contributed by atoms with E-state index in [0.29, 0.717) is 30.3 Å². The first kappa shape index (κ1) is 14.7. The molecule has 1 aromatic heterocycles. The van der Waals surface area contributed by atoms with Gasteiger partial charge in [0.15, 0.2) is 0 Å². The molecule has 0 amide bonds. The molecule has 2 aromatic rings. The van der Waals surface area contributed by atoms with Crippen LogP contribution < -0.4 is 5.32 Å². The maximum absolute atomic E-state index is 13.5. The molecule has 0 aliphatic heterocycles. The van der Waals surface area contributed by atoms with Gasteiger partial charge in [-0.25, -0.2) is 13.8 Å². The number of H-pyrrole nitrogens is 1. The predicted molar refractivity (Wildman–Crippen MR) is 74.3 cm³/mol. The number of aromatic amines is 1. The van der Waals surface area contributed by atoms with Crippen LogP contribution in [0.5, 0.6) is 0 Å². The zero-order valence-corrected chi connectivity index (χ0v) is 11.7. The van der Waals surface area contributed by atoms with Gasteiger partial charge in [-0.15, -0.1) is 0 Å². The van der Waals surface area contributed by atoms with E-state index >= 15 is 0 Å². The molecule has 0 spiro atoms. The number of benzene rings is 1. The lowest BCUT2D eigenvalue weighted by Gasteiger charge is -2.05. The first-order valence-electron chi connectivity index (χ1n) is 6.72. The average molecular weight is 279 g/mol. The zero-order chi connectivity index (χ0) is 14.5. The van der Waals surface area contributed by atoms with Crippen molar-refractivity contribution in [3.63, 3.8) is 0 Å². The monoisotopic (exact) mass is 279 g/mol. The van der Waals surface area contributed by atoms with Crippen LogP contribution in [0.25, 0.3) is 0 Å². The third-order valence-corrected chi connectivity index (χ3v) is 2.92. The van der Waals surface area contributed by atoms with Crippen LogP contribution in [0.1, 0.15) is 30.9 Å². The molecule has 0 unspecified atom stereocenters. The van der Waals surface area contributed by atoms with E-state index < -0.39 is 11.6 Å². The number of hydrogen-bond donors (Lipinski definition) is 2. The number of aromatic nitrogens is 2. The number of nitrogens with zero attached hydrogens (tertiary/aromatic N) is 1. The quantitative estimate of drug-likeness (QED) is 0.853. The van der Waals surface area contributed by atoms with E-state index in [1.807, 2.05) is 0 Å². The summed E-state index contributed by atoms with van der Waals surface area (Å²) >= 11 is 0. The second-order valence-electron chi connectivity index (χ2n) is 5.29. The minimum Gasteiger partial charge on any atom is -0.345 e. The molecule has 20 heavy (non-hydrogen) atoms. The first-order valence-corrected chi connectivity index (χ1v) is 6.72. The Morgan fingerprint density at radius 1 is 1.30 bits per heavy atom. The molecule has 1 heterocycles. The highest BCUT2D eigenvalue weighted by atomic mass is 19.1. The standard InChI is InChI=1S/C15H19F2N3/c1-10(2)7-18-8-13-9-19-15(20-13)5-11-3-4-12(16)6-14(11)17/h3-4,6,9-10,18H,5,7-8H2,1-2H3,(H,19,20). The predicted octanol–water partition coefficient (Wildman–Crippen LogP) is 3.02. The van der Waals surface area contributed by atoms with Crippen LogP contribution in [0, 0.1) is 17.6 Å². The van der Waals surface area contributed by atoms with Crippen molar-refractivity contribution in [2.75, 3.05) is 6.54 Å². The van der Waals surface area contributed by atoms with E-state index in [4.69, 9.17) is 0 Å². The van der Waals surface area contributed by atoms with E-state index in [2.05, 4.69) is 29.1 Å². The van der Waals surface area contributed by atoms with Gasteiger partial charge >= 0.3 is 0 Å². The molecular formula is C15H19F2N3. The van der Waals surface area contributed by atoms with Crippen LogP contribution in [0.15, 0.2) is 24.4 Å². The summed E-state index contributed by atoms with van der Waals surface area (Å²) in [6.45, 7) is 5.92. The van der Waals surface area contributed by atoms with Crippen molar-refractivity contribution < 1.29 is 8.78 Å². The number of hydrogen-bond acceptors (Lipinski definition) is 2. The lowest BCUT2D eigenvalue weighted by Crippen LogP contribution is -2.19. The summed E-state index contributed by atoms with van der Waals surface area (Å²) in [7, 11) is 0. The molecule has 0 saturated carbocycles. The van der Waals surface area contributed by atoms with Gasteiger partial charge in [0.05, 0.1) is 0 Å². The van der Waals surface area contributed by atoms with Crippen molar-refractivity contribution in [1.82, 2.24) is 15.3 Å². The van der Waals surface area contributed by atoms with Gasteiger partial charge < -0.3 is 10.3 Å². The Labute approximate surface area is 117 Å². The SMILES string of the molecule is CC(C)CNCc1cnc(Cc2ccc(F)cc2F)[nH]1. The number of rotatable bonds is 6. The largest absolute Gasteiger partial charge is 0.345 e. The van der Waals surface area contributed by atoms with E-state index in [1.165, 1.54) is 12.1 Å². The van der Waals surface area contributed by atoms with Gasteiger partial charge in [-0.3, -0.25) is 0 Å². The van der Waals surface area contributed by atoms with Gasteiger partial charge in [0.25, 0.3) is 0 Å². The molecular weight excluding hydrogens is 260 g/mol. The molecule has 0 fully saturated rings. The van der Waals surface area contributed by atoms with Gasteiger partial charge in [-0.2, -0.15) is 0 Å². The summed E-state index contributed by atoms with van der Waals surface area (Å²) in [4.78, 5) is 7.36. The average Bonchev–Trinajstić information content (AvgIpc) is 2.80. The van der Waals surface area contributed by atoms with E-state index in [0.717, 1.165) is 18.3 Å². The summed E-state index contributed by atoms with van der Waals surface area (Å²) in [6.07, 6.45) is 2.07. The normalized spacial score (nSPS) is 11.2. The zero-order valence-electron chi connectivity index (χ0n) is 11.7. The Kier molecular flexibility index (Phi) is 4.84. The Hall–Kier alpha value is -1.75. The summed E-state index contributed by atoms with van der Waals surface area (Å²) < 4.78 is 26.4. The molecule has 108 valence electrons. The molecule has 1 aromatic carbocycles. The molecule has 0 aliphatic rings. The number of nitrogens with one attached hydrogen (secondary N) is 2. The second-order valence-corrected chi connectivity index (χ2v) is 5.29. The summed E-state index contributed by atoms with van der Waals surface area (Å²) in [6, 6.07) is 3.60. The molecule has 2 N–H and O–H groups in total. The smallest absolute Gasteiger partial charge is 0.129 e. The molecule has 0 radical (unpaired) electrons. The van der Waals surface area contributed by atoms with Gasteiger partial charge in [-0.05, 0) is 24.1 Å². The van der Waals surface area contributed by atoms with Crippen LogP contribution in [-0.2, 0) is 13.0 Å². The molecule has 3 nitrogen and oxygen atoms in total.